The maximum atomic E-state index is 12.4. The predicted octanol–water partition coefficient (Wildman–Crippen LogP) is 2.43. The van der Waals surface area contributed by atoms with Crippen molar-refractivity contribution in [3.8, 4) is 11.3 Å². The third kappa shape index (κ3) is 2.36. The molecule has 0 aliphatic carbocycles. The lowest BCUT2D eigenvalue weighted by molar-refractivity contribution is 0.477. The molecule has 0 atom stereocenters. The Bertz CT molecular complexity index is 698. The van der Waals surface area contributed by atoms with E-state index < -0.39 is 10.0 Å². The van der Waals surface area contributed by atoms with Crippen molar-refractivity contribution in [2.45, 2.75) is 24.7 Å². The van der Waals surface area contributed by atoms with Crippen LogP contribution in [0.1, 0.15) is 18.7 Å². The summed E-state index contributed by atoms with van der Waals surface area (Å²) in [5.41, 5.74) is 1.56. The van der Waals surface area contributed by atoms with E-state index >= 15 is 0 Å². The predicted molar refractivity (Wildman–Crippen MR) is 74.7 cm³/mol. The molecule has 0 N–H and O–H groups in total. The van der Waals surface area contributed by atoms with Crippen molar-refractivity contribution < 1.29 is 12.8 Å². The van der Waals surface area contributed by atoms with Crippen molar-refractivity contribution in [2.75, 3.05) is 13.1 Å². The van der Waals surface area contributed by atoms with Gasteiger partial charge in [-0.05, 0) is 25.0 Å². The Hall–Kier alpha value is -1.66. The van der Waals surface area contributed by atoms with E-state index in [4.69, 9.17) is 4.42 Å². The number of hydrogen-bond acceptors (Lipinski definition) is 4. The number of rotatable bonds is 3. The molecule has 1 aromatic carbocycles. The number of nitrogens with zero attached hydrogens (tertiary/aromatic N) is 2. The van der Waals surface area contributed by atoms with Gasteiger partial charge < -0.3 is 4.42 Å². The van der Waals surface area contributed by atoms with E-state index in [1.54, 1.807) is 41.8 Å². The third-order valence-corrected chi connectivity index (χ3v) is 5.38. The summed E-state index contributed by atoms with van der Waals surface area (Å²) in [7, 11) is -3.34. The van der Waals surface area contributed by atoms with E-state index in [1.165, 1.54) is 0 Å². The van der Waals surface area contributed by atoms with Crippen LogP contribution in [0.2, 0.25) is 0 Å². The van der Waals surface area contributed by atoms with Gasteiger partial charge in [0.1, 0.15) is 12.0 Å². The van der Waals surface area contributed by atoms with Crippen molar-refractivity contribution in [1.82, 2.24) is 9.29 Å². The lowest BCUT2D eigenvalue weighted by Gasteiger charge is -2.15. The molecule has 0 amide bonds. The summed E-state index contributed by atoms with van der Waals surface area (Å²) in [5.74, 6) is 0.591. The van der Waals surface area contributed by atoms with Crippen LogP contribution in [0.3, 0.4) is 0 Å². The summed E-state index contributed by atoms with van der Waals surface area (Å²) in [5, 5.41) is 0. The molecule has 5 nitrogen and oxygen atoms in total. The lowest BCUT2D eigenvalue weighted by Crippen LogP contribution is -2.27. The number of aromatic nitrogens is 1. The van der Waals surface area contributed by atoms with Crippen LogP contribution >= 0.6 is 0 Å². The Balaban J connectivity index is 1.89. The third-order valence-electron chi connectivity index (χ3n) is 3.47. The molecule has 1 aromatic heterocycles. The molecule has 1 fully saturated rings. The first-order chi connectivity index (χ1) is 9.57. The minimum absolute atomic E-state index is 0.336. The number of oxazole rings is 1. The van der Waals surface area contributed by atoms with E-state index in [9.17, 15) is 8.42 Å². The Morgan fingerprint density at radius 3 is 2.35 bits per heavy atom. The zero-order valence-corrected chi connectivity index (χ0v) is 12.1. The molecular weight excluding hydrogens is 276 g/mol. The SMILES string of the molecule is Cc1nc(-c2ccc(S(=O)(=O)N3CCCC3)cc2)co1. The van der Waals surface area contributed by atoms with Gasteiger partial charge in [-0.2, -0.15) is 4.31 Å². The second kappa shape index (κ2) is 5.03. The van der Waals surface area contributed by atoms with Crippen LogP contribution in [0.5, 0.6) is 0 Å². The second-order valence-corrected chi connectivity index (χ2v) is 6.83. The van der Waals surface area contributed by atoms with E-state index in [0.29, 0.717) is 29.6 Å². The highest BCUT2D eigenvalue weighted by atomic mass is 32.2. The van der Waals surface area contributed by atoms with Crippen molar-refractivity contribution in [3.05, 3.63) is 36.4 Å². The van der Waals surface area contributed by atoms with Gasteiger partial charge in [-0.15, -0.1) is 0 Å². The Morgan fingerprint density at radius 2 is 1.80 bits per heavy atom. The lowest BCUT2D eigenvalue weighted by atomic mass is 10.2. The van der Waals surface area contributed by atoms with Gasteiger partial charge in [-0.1, -0.05) is 12.1 Å². The summed E-state index contributed by atoms with van der Waals surface area (Å²) in [6.07, 6.45) is 3.45. The van der Waals surface area contributed by atoms with Gasteiger partial charge >= 0.3 is 0 Å². The standard InChI is InChI=1S/C14H16N2O3S/c1-11-15-14(10-19-11)12-4-6-13(7-5-12)20(17,18)16-8-2-3-9-16/h4-7,10H,2-3,8-9H2,1H3. The highest BCUT2D eigenvalue weighted by Gasteiger charge is 2.26. The van der Waals surface area contributed by atoms with Gasteiger partial charge in [0.15, 0.2) is 5.89 Å². The van der Waals surface area contributed by atoms with Crippen LogP contribution in [-0.4, -0.2) is 30.8 Å². The summed E-state index contributed by atoms with van der Waals surface area (Å²) >= 11 is 0. The average Bonchev–Trinajstić information content (AvgIpc) is 3.10. The maximum Gasteiger partial charge on any atom is 0.243 e. The molecule has 2 aromatic rings. The first kappa shape index (κ1) is 13.3. The molecule has 106 valence electrons. The largest absolute Gasteiger partial charge is 0.449 e. The van der Waals surface area contributed by atoms with Crippen LogP contribution in [0.25, 0.3) is 11.3 Å². The highest BCUT2D eigenvalue weighted by molar-refractivity contribution is 7.89. The van der Waals surface area contributed by atoms with Crippen LogP contribution < -0.4 is 0 Å². The Morgan fingerprint density at radius 1 is 1.15 bits per heavy atom. The second-order valence-electron chi connectivity index (χ2n) is 4.89. The molecule has 0 bridgehead atoms. The van der Waals surface area contributed by atoms with Crippen LogP contribution in [0, 0.1) is 6.92 Å². The zero-order chi connectivity index (χ0) is 14.2. The molecule has 0 unspecified atom stereocenters. The molecule has 1 aliphatic heterocycles. The van der Waals surface area contributed by atoms with Crippen LogP contribution in [-0.2, 0) is 10.0 Å². The van der Waals surface area contributed by atoms with Gasteiger partial charge in [-0.3, -0.25) is 0 Å². The Kier molecular flexibility index (Phi) is 3.35. The summed E-state index contributed by atoms with van der Waals surface area (Å²) in [4.78, 5) is 4.56. The van der Waals surface area contributed by atoms with E-state index in [-0.39, 0.29) is 0 Å². The molecule has 6 heteroatoms. The first-order valence-corrected chi connectivity index (χ1v) is 8.04. The fourth-order valence-electron chi connectivity index (χ4n) is 2.37. The van der Waals surface area contributed by atoms with Gasteiger partial charge in [0.05, 0.1) is 4.90 Å². The molecule has 3 rings (SSSR count). The van der Waals surface area contributed by atoms with Crippen molar-refractivity contribution in [2.24, 2.45) is 0 Å². The fraction of sp³-hybridized carbons (Fsp3) is 0.357. The minimum atomic E-state index is -3.34. The Labute approximate surface area is 118 Å². The van der Waals surface area contributed by atoms with Gasteiger partial charge in [0, 0.05) is 25.6 Å². The monoisotopic (exact) mass is 292 g/mol. The van der Waals surface area contributed by atoms with E-state index in [1.807, 2.05) is 0 Å². The molecule has 1 saturated heterocycles. The van der Waals surface area contributed by atoms with E-state index in [2.05, 4.69) is 4.98 Å². The number of aryl methyl sites for hydroxylation is 1. The van der Waals surface area contributed by atoms with Gasteiger partial charge in [0.25, 0.3) is 0 Å². The minimum Gasteiger partial charge on any atom is -0.449 e. The smallest absolute Gasteiger partial charge is 0.243 e. The molecule has 0 saturated carbocycles. The molecule has 0 spiro atoms. The average molecular weight is 292 g/mol. The number of hydrogen-bond donors (Lipinski definition) is 0. The maximum absolute atomic E-state index is 12.4. The highest BCUT2D eigenvalue weighted by Crippen LogP contribution is 2.24. The van der Waals surface area contributed by atoms with E-state index in [0.717, 1.165) is 18.4 Å². The summed E-state index contributed by atoms with van der Waals surface area (Å²) in [6.45, 7) is 3.01. The van der Waals surface area contributed by atoms with Gasteiger partial charge in [0.2, 0.25) is 10.0 Å². The molecule has 0 radical (unpaired) electrons. The molecule has 2 heterocycles. The topological polar surface area (TPSA) is 63.4 Å². The fourth-order valence-corrected chi connectivity index (χ4v) is 3.89. The normalized spacial score (nSPS) is 16.6. The number of sulfonamides is 1. The first-order valence-electron chi connectivity index (χ1n) is 6.60. The van der Waals surface area contributed by atoms with Crippen LogP contribution in [0.4, 0.5) is 0 Å². The molecular formula is C14H16N2O3S. The number of benzene rings is 1. The van der Waals surface area contributed by atoms with Crippen molar-refractivity contribution >= 4 is 10.0 Å². The quantitative estimate of drug-likeness (QED) is 0.871. The van der Waals surface area contributed by atoms with Gasteiger partial charge in [-0.25, -0.2) is 13.4 Å². The summed E-state index contributed by atoms with van der Waals surface area (Å²) in [6, 6.07) is 6.79. The van der Waals surface area contributed by atoms with Crippen molar-refractivity contribution in [1.29, 1.82) is 0 Å². The van der Waals surface area contributed by atoms with Crippen molar-refractivity contribution in [3.63, 3.8) is 0 Å². The molecule has 1 aliphatic rings. The van der Waals surface area contributed by atoms with Crippen LogP contribution in [0.15, 0.2) is 39.8 Å². The zero-order valence-electron chi connectivity index (χ0n) is 11.2. The molecule has 20 heavy (non-hydrogen) atoms. The summed E-state index contributed by atoms with van der Waals surface area (Å²) < 4.78 is 31.5.